The average molecular weight is 388 g/mol. The maximum atomic E-state index is 12.3. The van der Waals surface area contributed by atoms with Crippen LogP contribution in [0.4, 0.5) is 5.69 Å². The summed E-state index contributed by atoms with van der Waals surface area (Å²) < 4.78 is 5.57. The third kappa shape index (κ3) is 2.78. The lowest BCUT2D eigenvalue weighted by atomic mass is 10.1. The third-order valence-corrected chi connectivity index (χ3v) is 4.27. The van der Waals surface area contributed by atoms with E-state index in [1.165, 1.54) is 13.3 Å². The molecule has 2 aromatic carbocycles. The van der Waals surface area contributed by atoms with Gasteiger partial charge in [0, 0.05) is 12.6 Å². The molecule has 0 unspecified atom stereocenters. The summed E-state index contributed by atoms with van der Waals surface area (Å²) in [7, 11) is 3.17. The van der Waals surface area contributed by atoms with Crippen molar-refractivity contribution < 1.29 is 14.6 Å². The molecule has 0 atom stereocenters. The Balaban J connectivity index is 1.93. The van der Waals surface area contributed by atoms with E-state index in [0.29, 0.717) is 21.5 Å². The monoisotopic (exact) mass is 387 g/mol. The van der Waals surface area contributed by atoms with Crippen molar-refractivity contribution in [2.75, 3.05) is 19.1 Å². The van der Waals surface area contributed by atoms with Gasteiger partial charge >= 0.3 is 0 Å². The largest absolute Gasteiger partial charge is 0.503 e. The summed E-state index contributed by atoms with van der Waals surface area (Å²) in [5.74, 6) is 0.140. The number of phenols is 1. The number of rotatable bonds is 3. The first-order valence-corrected chi connectivity index (χ1v) is 7.87. The fraction of sp³-hybridized carbons (Fsp3) is 0.118. The molecule has 1 aliphatic rings. The van der Waals surface area contributed by atoms with Gasteiger partial charge in [0.1, 0.15) is 0 Å². The molecule has 24 heavy (non-hydrogen) atoms. The maximum absolute atomic E-state index is 12.3. The van der Waals surface area contributed by atoms with Gasteiger partial charge < -0.3 is 14.7 Å². The fourth-order valence-electron chi connectivity index (χ4n) is 2.42. The Bertz CT molecular complexity index is 877. The zero-order valence-corrected chi connectivity index (χ0v) is 14.6. The minimum absolute atomic E-state index is 0.0162. The van der Waals surface area contributed by atoms with Crippen LogP contribution in [0.25, 0.3) is 0 Å². The zero-order chi connectivity index (χ0) is 17.3. The molecule has 1 heterocycles. The lowest BCUT2D eigenvalue weighted by molar-refractivity contribution is -0.111. The van der Waals surface area contributed by atoms with Gasteiger partial charge in [-0.2, -0.15) is 5.10 Å². The number of likely N-dealkylation sites (N-methyl/N-ethyl adjacent to an activating group) is 1. The van der Waals surface area contributed by atoms with Crippen LogP contribution in [0.15, 0.2) is 51.1 Å². The van der Waals surface area contributed by atoms with Gasteiger partial charge in [0.05, 0.1) is 23.5 Å². The Kier molecular flexibility index (Phi) is 4.35. The number of fused-ring (bicyclic) bond motifs is 1. The van der Waals surface area contributed by atoms with E-state index in [-0.39, 0.29) is 11.7 Å². The Morgan fingerprint density at radius 1 is 1.29 bits per heavy atom. The van der Waals surface area contributed by atoms with E-state index in [1.807, 2.05) is 24.3 Å². The topological polar surface area (TPSA) is 74.5 Å². The van der Waals surface area contributed by atoms with E-state index in [9.17, 15) is 9.90 Å². The summed E-state index contributed by atoms with van der Waals surface area (Å²) >= 11 is 3.25. The summed E-state index contributed by atoms with van der Waals surface area (Å²) in [6.45, 7) is 0. The van der Waals surface area contributed by atoms with Crippen molar-refractivity contribution in [3.8, 4) is 11.5 Å². The number of anilines is 1. The van der Waals surface area contributed by atoms with Gasteiger partial charge in [-0.1, -0.05) is 18.2 Å². The summed E-state index contributed by atoms with van der Waals surface area (Å²) in [5.41, 5.74) is 2.54. The number of para-hydroxylation sites is 1. The molecule has 1 N–H and O–H groups in total. The van der Waals surface area contributed by atoms with E-state index in [1.54, 1.807) is 24.1 Å². The molecule has 0 saturated carbocycles. The highest BCUT2D eigenvalue weighted by atomic mass is 79.9. The number of aromatic hydroxyl groups is 1. The standard InChI is InChI=1S/C17H14BrN3O3/c1-21-13-6-4-3-5-11(13)15(17(21)23)20-19-9-10-7-12(18)16(22)14(8-10)24-2/h3-9,22H,1-2H3/b19-9+,20-15-. The molecule has 0 fully saturated rings. The van der Waals surface area contributed by atoms with Gasteiger partial charge in [-0.15, -0.1) is 5.10 Å². The minimum Gasteiger partial charge on any atom is -0.503 e. The second-order valence-corrected chi connectivity index (χ2v) is 5.98. The molecule has 0 bridgehead atoms. The number of hydrogen-bond acceptors (Lipinski definition) is 5. The Morgan fingerprint density at radius 2 is 2.04 bits per heavy atom. The van der Waals surface area contributed by atoms with Crippen LogP contribution in [0.3, 0.4) is 0 Å². The number of methoxy groups -OCH3 is 1. The zero-order valence-electron chi connectivity index (χ0n) is 13.0. The van der Waals surface area contributed by atoms with Crippen LogP contribution in [0.1, 0.15) is 11.1 Å². The summed E-state index contributed by atoms with van der Waals surface area (Å²) in [6.07, 6.45) is 1.49. The predicted molar refractivity (Wildman–Crippen MR) is 96.3 cm³/mol. The van der Waals surface area contributed by atoms with E-state index in [2.05, 4.69) is 26.1 Å². The van der Waals surface area contributed by atoms with Gasteiger partial charge in [-0.05, 0) is 39.7 Å². The Labute approximate surface area is 147 Å². The fourth-order valence-corrected chi connectivity index (χ4v) is 2.88. The number of phenolic OH excluding ortho intramolecular Hbond substituents is 1. The number of hydrogen-bond donors (Lipinski definition) is 1. The molecule has 3 rings (SSSR count). The quantitative estimate of drug-likeness (QED) is 0.649. The first-order valence-electron chi connectivity index (χ1n) is 7.08. The van der Waals surface area contributed by atoms with E-state index < -0.39 is 0 Å². The second kappa shape index (κ2) is 6.45. The first-order chi connectivity index (χ1) is 11.5. The van der Waals surface area contributed by atoms with Gasteiger partial charge in [0.15, 0.2) is 17.2 Å². The Morgan fingerprint density at radius 3 is 2.79 bits per heavy atom. The lowest BCUT2D eigenvalue weighted by Crippen LogP contribution is -2.25. The number of ether oxygens (including phenoxy) is 1. The SMILES string of the molecule is COc1cc(/C=N/N=C2\C(=O)N(C)c3ccccc32)cc(Br)c1O. The van der Waals surface area contributed by atoms with Gasteiger partial charge in [-0.3, -0.25) is 4.79 Å². The highest BCUT2D eigenvalue weighted by Gasteiger charge is 2.30. The molecule has 0 radical (unpaired) electrons. The molecule has 6 nitrogen and oxygen atoms in total. The van der Waals surface area contributed by atoms with Gasteiger partial charge in [-0.25, -0.2) is 0 Å². The molecular weight excluding hydrogens is 374 g/mol. The smallest absolute Gasteiger partial charge is 0.279 e. The Hall–Kier alpha value is -2.67. The van der Waals surface area contributed by atoms with Crippen molar-refractivity contribution in [3.05, 3.63) is 52.0 Å². The number of halogens is 1. The van der Waals surface area contributed by atoms with E-state index in [0.717, 1.165) is 11.3 Å². The van der Waals surface area contributed by atoms with Crippen LogP contribution in [0.5, 0.6) is 11.5 Å². The average Bonchev–Trinajstić information content (AvgIpc) is 2.83. The third-order valence-electron chi connectivity index (χ3n) is 3.66. The first kappa shape index (κ1) is 16.2. The number of carbonyl (C=O) groups is 1. The van der Waals surface area contributed by atoms with Crippen LogP contribution in [-0.4, -0.2) is 37.1 Å². The molecule has 2 aromatic rings. The van der Waals surface area contributed by atoms with Crippen LogP contribution >= 0.6 is 15.9 Å². The number of carbonyl (C=O) groups excluding carboxylic acids is 1. The molecule has 0 aromatic heterocycles. The van der Waals surface area contributed by atoms with E-state index >= 15 is 0 Å². The summed E-state index contributed by atoms with van der Waals surface area (Å²) in [6, 6.07) is 10.7. The molecular formula is C17H14BrN3O3. The molecule has 1 aliphatic heterocycles. The van der Waals surface area contributed by atoms with Gasteiger partial charge in [0.2, 0.25) is 0 Å². The summed E-state index contributed by atoms with van der Waals surface area (Å²) in [5, 5.41) is 17.9. The van der Waals surface area contributed by atoms with Crippen LogP contribution < -0.4 is 9.64 Å². The van der Waals surface area contributed by atoms with Crippen molar-refractivity contribution >= 4 is 39.5 Å². The van der Waals surface area contributed by atoms with E-state index in [4.69, 9.17) is 4.74 Å². The number of nitrogens with zero attached hydrogens (tertiary/aromatic N) is 3. The highest BCUT2D eigenvalue weighted by molar-refractivity contribution is 9.10. The van der Waals surface area contributed by atoms with Crippen molar-refractivity contribution in [2.24, 2.45) is 10.2 Å². The van der Waals surface area contributed by atoms with Crippen molar-refractivity contribution in [1.29, 1.82) is 0 Å². The molecule has 0 saturated heterocycles. The predicted octanol–water partition coefficient (Wildman–Crippen LogP) is 2.96. The lowest BCUT2D eigenvalue weighted by Gasteiger charge is -2.07. The van der Waals surface area contributed by atoms with Gasteiger partial charge in [0.25, 0.3) is 5.91 Å². The van der Waals surface area contributed by atoms with Crippen LogP contribution in [0.2, 0.25) is 0 Å². The number of amides is 1. The minimum atomic E-state index is -0.196. The molecule has 122 valence electrons. The maximum Gasteiger partial charge on any atom is 0.279 e. The molecule has 7 heteroatoms. The highest BCUT2D eigenvalue weighted by Crippen LogP contribution is 2.34. The van der Waals surface area contributed by atoms with Crippen molar-refractivity contribution in [1.82, 2.24) is 0 Å². The van der Waals surface area contributed by atoms with Crippen molar-refractivity contribution in [2.45, 2.75) is 0 Å². The van der Waals surface area contributed by atoms with Crippen LogP contribution in [0, 0.1) is 0 Å². The molecule has 0 spiro atoms. The normalized spacial score (nSPS) is 15.4. The molecule has 1 amide bonds. The number of benzene rings is 2. The summed E-state index contributed by atoms with van der Waals surface area (Å²) in [4.78, 5) is 13.8. The van der Waals surface area contributed by atoms with Crippen molar-refractivity contribution in [3.63, 3.8) is 0 Å². The van der Waals surface area contributed by atoms with Crippen LogP contribution in [-0.2, 0) is 4.79 Å². The molecule has 0 aliphatic carbocycles. The second-order valence-electron chi connectivity index (χ2n) is 5.13.